The lowest BCUT2D eigenvalue weighted by Crippen LogP contribution is -2.74. The minimum atomic E-state index is -2.73. The number of fused-ring (bicyclic) bond motifs is 3. The van der Waals surface area contributed by atoms with Gasteiger partial charge in [-0.05, 0) is 93.2 Å². The molecule has 0 bridgehead atoms. The Balaban J connectivity index is 1.41. The molecule has 3 aliphatic carbocycles. The average molecular weight is 588 g/mol. The fourth-order valence-corrected chi connectivity index (χ4v) is 8.09. The van der Waals surface area contributed by atoms with Crippen molar-refractivity contribution in [3.8, 4) is 16.9 Å². The van der Waals surface area contributed by atoms with Crippen LogP contribution in [0.2, 0.25) is 0 Å². The number of hydrogen-bond donors (Lipinski definition) is 3. The zero-order valence-electron chi connectivity index (χ0n) is 24.4. The second kappa shape index (κ2) is 10.8. The Labute approximate surface area is 249 Å². The van der Waals surface area contributed by atoms with Crippen LogP contribution in [-0.4, -0.2) is 87.9 Å². The summed E-state index contributed by atoms with van der Waals surface area (Å²) in [4.78, 5) is 70.9. The van der Waals surface area contributed by atoms with Crippen LogP contribution in [0.5, 0.6) is 5.75 Å². The minimum Gasteiger partial charge on any atom is -0.507 e. The number of nitrogens with two attached hydrogens (primary N) is 1. The molecule has 0 aromatic heterocycles. The van der Waals surface area contributed by atoms with E-state index in [-0.39, 0.29) is 24.2 Å². The van der Waals surface area contributed by atoms with E-state index < -0.39 is 64.4 Å². The van der Waals surface area contributed by atoms with Gasteiger partial charge in [-0.1, -0.05) is 30.7 Å². The highest BCUT2D eigenvalue weighted by molar-refractivity contribution is 6.32. The number of phenols is 1. The fourth-order valence-electron chi connectivity index (χ4n) is 8.09. The summed E-state index contributed by atoms with van der Waals surface area (Å²) in [6.07, 6.45) is 3.86. The van der Waals surface area contributed by atoms with Gasteiger partial charge in [-0.15, -0.1) is 0 Å². The van der Waals surface area contributed by atoms with Crippen molar-refractivity contribution in [2.45, 2.75) is 50.3 Å². The molecule has 4 aliphatic rings. The molecule has 0 spiro atoms. The number of rotatable bonds is 5. The monoisotopic (exact) mass is 587 g/mol. The predicted molar refractivity (Wildman–Crippen MR) is 156 cm³/mol. The van der Waals surface area contributed by atoms with Gasteiger partial charge in [-0.3, -0.25) is 33.8 Å². The summed E-state index contributed by atoms with van der Waals surface area (Å²) in [6, 6.07) is 10.2. The van der Waals surface area contributed by atoms with E-state index >= 15 is 0 Å². The quantitative estimate of drug-likeness (QED) is 0.441. The van der Waals surface area contributed by atoms with Crippen molar-refractivity contribution < 1.29 is 34.2 Å². The summed E-state index contributed by atoms with van der Waals surface area (Å²) < 4.78 is 0. The Bertz CT molecular complexity index is 1540. The number of carbonyl (C=O) groups excluding carboxylic acids is 5. The first-order chi connectivity index (χ1) is 20.4. The lowest BCUT2D eigenvalue weighted by atomic mass is 9.52. The van der Waals surface area contributed by atoms with Crippen LogP contribution in [0.15, 0.2) is 36.4 Å². The highest BCUT2D eigenvalue weighted by Crippen LogP contribution is 2.51. The van der Waals surface area contributed by atoms with Gasteiger partial charge in [0.05, 0.1) is 17.5 Å². The van der Waals surface area contributed by atoms with E-state index in [0.29, 0.717) is 5.56 Å². The normalized spacial score (nSPS) is 31.0. The first-order valence-electron chi connectivity index (χ1n) is 15.0. The number of hydrogen-bond acceptors (Lipinski definition) is 9. The molecule has 226 valence electrons. The number of primary amides is 1. The number of aromatic hydroxyl groups is 1. The molecule has 1 heterocycles. The minimum absolute atomic E-state index is 0.00512. The number of piperidine rings is 1. The molecule has 1 amide bonds. The zero-order chi connectivity index (χ0) is 30.8. The van der Waals surface area contributed by atoms with Crippen LogP contribution in [0.3, 0.4) is 0 Å². The van der Waals surface area contributed by atoms with Crippen molar-refractivity contribution in [1.29, 1.82) is 0 Å². The number of likely N-dealkylation sites (tertiary alicyclic amines) is 1. The molecule has 10 nitrogen and oxygen atoms in total. The van der Waals surface area contributed by atoms with Crippen LogP contribution in [0, 0.1) is 23.7 Å². The Morgan fingerprint density at radius 1 is 1.05 bits per heavy atom. The average Bonchev–Trinajstić information content (AvgIpc) is 2.95. The molecule has 1 aliphatic heterocycles. The Morgan fingerprint density at radius 3 is 2.44 bits per heavy atom. The molecule has 1 saturated heterocycles. The third-order valence-corrected chi connectivity index (χ3v) is 10.0. The summed E-state index contributed by atoms with van der Waals surface area (Å²) >= 11 is 0. The van der Waals surface area contributed by atoms with Gasteiger partial charge in [0.2, 0.25) is 5.91 Å². The van der Waals surface area contributed by atoms with E-state index in [4.69, 9.17) is 5.73 Å². The summed E-state index contributed by atoms with van der Waals surface area (Å²) in [7, 11) is 3.14. The van der Waals surface area contributed by atoms with Crippen LogP contribution in [0.1, 0.15) is 47.2 Å². The molecule has 2 unspecified atom stereocenters. The van der Waals surface area contributed by atoms with Crippen LogP contribution in [0.4, 0.5) is 0 Å². The van der Waals surface area contributed by atoms with Crippen LogP contribution < -0.4 is 5.73 Å². The van der Waals surface area contributed by atoms with Crippen molar-refractivity contribution in [3.05, 3.63) is 53.1 Å². The molecule has 10 heteroatoms. The second-order valence-corrected chi connectivity index (χ2v) is 12.8. The van der Waals surface area contributed by atoms with Gasteiger partial charge in [-0.25, -0.2) is 0 Å². The molecular weight excluding hydrogens is 550 g/mol. The first-order valence-corrected chi connectivity index (χ1v) is 15.0. The van der Waals surface area contributed by atoms with Crippen molar-refractivity contribution in [2.24, 2.45) is 29.4 Å². The van der Waals surface area contributed by atoms with Gasteiger partial charge in [0.1, 0.15) is 5.75 Å². The number of phenolic OH excluding ortho intramolecular Hbond substituents is 1. The maximum atomic E-state index is 14.0. The van der Waals surface area contributed by atoms with Gasteiger partial charge in [0.25, 0.3) is 0 Å². The van der Waals surface area contributed by atoms with E-state index in [9.17, 15) is 34.2 Å². The zero-order valence-corrected chi connectivity index (χ0v) is 24.4. The topological polar surface area (TPSA) is 158 Å². The molecule has 2 aromatic carbocycles. The molecule has 4 N–H and O–H groups in total. The summed E-state index contributed by atoms with van der Waals surface area (Å²) in [5.74, 6) is -10.4. The van der Waals surface area contributed by atoms with Gasteiger partial charge in [-0.2, -0.15) is 0 Å². The van der Waals surface area contributed by atoms with E-state index in [1.54, 1.807) is 20.2 Å². The standard InChI is InChI=1S/C33H37N3O7/c1-35(2)27-22-15-19-14-21-20(18-8-6-7-17(13-18)16-36-11-4-3-5-12-36)9-10-23(37)25(21)28(38)24(19)30(40)33(22,43)31(41)26(29(27)39)32(34)42/h6-10,13,19,22,24,26-27,37,43H,3-5,11-12,14-16H2,1-2H3,(H2,34,42)/t19-,22-,24?,26?,27-,33-/m0/s1. The van der Waals surface area contributed by atoms with Crippen LogP contribution in [0.25, 0.3) is 11.1 Å². The lowest BCUT2D eigenvalue weighted by Gasteiger charge is -2.52. The van der Waals surface area contributed by atoms with Crippen molar-refractivity contribution >= 4 is 29.0 Å². The molecule has 43 heavy (non-hydrogen) atoms. The number of benzene rings is 2. The number of amides is 1. The van der Waals surface area contributed by atoms with Crippen molar-refractivity contribution in [3.63, 3.8) is 0 Å². The molecule has 0 radical (unpaired) electrons. The van der Waals surface area contributed by atoms with Gasteiger partial charge in [0, 0.05) is 12.5 Å². The number of carbonyl (C=O) groups is 5. The number of nitrogens with zero attached hydrogens (tertiary/aromatic N) is 2. The molecule has 2 aromatic rings. The molecular formula is C33H37N3O7. The SMILES string of the molecule is CN(C)[C@@H]1C(=O)C(C(N)=O)C(=O)[C@@]2(O)C(=O)C3C(=O)c4c(O)ccc(-c5cccc(CN6CCCCC6)c5)c4C[C@H]3C[C@@H]12. The number of likely N-dealkylation sites (N-methyl/N-ethyl adjacent to an activating group) is 1. The largest absolute Gasteiger partial charge is 0.507 e. The number of Topliss-reactive ketones (excluding diaryl/α,β-unsaturated/α-hetero) is 4. The molecule has 3 fully saturated rings. The molecule has 2 saturated carbocycles. The van der Waals surface area contributed by atoms with E-state index in [0.717, 1.165) is 36.3 Å². The number of aliphatic hydroxyl groups is 1. The number of ketones is 4. The lowest BCUT2D eigenvalue weighted by molar-refractivity contribution is -0.181. The second-order valence-electron chi connectivity index (χ2n) is 12.8. The third kappa shape index (κ3) is 4.54. The van der Waals surface area contributed by atoms with Gasteiger partial charge < -0.3 is 15.9 Å². The van der Waals surface area contributed by atoms with Gasteiger partial charge in [0.15, 0.2) is 34.7 Å². The van der Waals surface area contributed by atoms with Gasteiger partial charge >= 0.3 is 0 Å². The van der Waals surface area contributed by atoms with Crippen molar-refractivity contribution in [1.82, 2.24) is 9.80 Å². The summed E-state index contributed by atoms with van der Waals surface area (Å²) in [5.41, 5.74) is 6.05. The maximum Gasteiger partial charge on any atom is 0.235 e. The summed E-state index contributed by atoms with van der Waals surface area (Å²) in [5, 5.41) is 22.6. The fraction of sp³-hybridized carbons (Fsp3) is 0.485. The maximum absolute atomic E-state index is 14.0. The van der Waals surface area contributed by atoms with E-state index in [1.165, 1.54) is 30.2 Å². The van der Waals surface area contributed by atoms with Crippen molar-refractivity contribution in [2.75, 3.05) is 27.2 Å². The Kier molecular flexibility index (Phi) is 7.35. The molecule has 6 atom stereocenters. The van der Waals surface area contributed by atoms with Crippen LogP contribution >= 0.6 is 0 Å². The first kappa shape index (κ1) is 29.3. The smallest absolute Gasteiger partial charge is 0.235 e. The highest BCUT2D eigenvalue weighted by Gasteiger charge is 2.69. The van der Waals surface area contributed by atoms with E-state index in [2.05, 4.69) is 17.0 Å². The van der Waals surface area contributed by atoms with Crippen LogP contribution in [-0.2, 0) is 32.1 Å². The Hall–Kier alpha value is -3.73. The molecule has 6 rings (SSSR count). The summed E-state index contributed by atoms with van der Waals surface area (Å²) in [6.45, 7) is 2.92. The predicted octanol–water partition coefficient (Wildman–Crippen LogP) is 1.52. The third-order valence-electron chi connectivity index (χ3n) is 10.0. The Morgan fingerprint density at radius 2 is 1.77 bits per heavy atom. The van der Waals surface area contributed by atoms with E-state index in [1.807, 2.05) is 12.1 Å². The highest BCUT2D eigenvalue weighted by atomic mass is 16.3.